The number of fused-ring (bicyclic) bond motifs is 2. The van der Waals surface area contributed by atoms with Gasteiger partial charge in [0, 0.05) is 6.42 Å². The van der Waals surface area contributed by atoms with Crippen LogP contribution < -0.4 is 17.0 Å². The van der Waals surface area contributed by atoms with E-state index in [1.165, 1.54) is 17.0 Å². The lowest BCUT2D eigenvalue weighted by Gasteiger charge is -2.25. The van der Waals surface area contributed by atoms with E-state index in [1.807, 2.05) is 0 Å². The Hall–Kier alpha value is -3.27. The SMILES string of the molecule is Nc1nc2c(nnn2[C@@H]2O[C@H](CO)[C@@H](O)[C@H]2OP(=O)(S)OC[C@H]2O[C@@H](c3cnc4c(N)ncnn34)C[C@@H]2O)c(=O)[nH]1. The van der Waals surface area contributed by atoms with Crippen molar-refractivity contribution in [3.05, 3.63) is 28.6 Å². The normalized spacial score (nSPS) is 29.9. The van der Waals surface area contributed by atoms with Gasteiger partial charge in [0.15, 0.2) is 28.9 Å². The molecule has 0 aromatic carbocycles. The number of hydrogen-bond acceptors (Lipinski definition) is 17. The lowest BCUT2D eigenvalue weighted by atomic mass is 10.1. The minimum atomic E-state index is -4.29. The molecule has 0 amide bonds. The highest BCUT2D eigenvalue weighted by molar-refractivity contribution is 8.44. The third-order valence-electron chi connectivity index (χ3n) is 6.65. The molecule has 41 heavy (non-hydrogen) atoms. The van der Waals surface area contributed by atoms with E-state index in [9.17, 15) is 24.7 Å². The van der Waals surface area contributed by atoms with E-state index in [1.54, 1.807) is 0 Å². The predicted octanol–water partition coefficient (Wildman–Crippen LogP) is -2.30. The minimum absolute atomic E-state index is 0.113. The van der Waals surface area contributed by atoms with Crippen molar-refractivity contribution in [2.24, 2.45) is 0 Å². The Labute approximate surface area is 233 Å². The second-order valence-electron chi connectivity index (χ2n) is 9.26. The Bertz CT molecular complexity index is 1700. The third-order valence-corrected chi connectivity index (χ3v) is 8.27. The number of nitrogens with one attached hydrogen (secondary N) is 1. The number of aliphatic hydroxyl groups is 3. The molecule has 0 saturated carbocycles. The van der Waals surface area contributed by atoms with Crippen LogP contribution in [0.5, 0.6) is 0 Å². The zero-order chi connectivity index (χ0) is 29.1. The van der Waals surface area contributed by atoms with Crippen LogP contribution in [0.25, 0.3) is 16.8 Å². The largest absolute Gasteiger partial charge is 0.394 e. The van der Waals surface area contributed by atoms with Gasteiger partial charge in [-0.1, -0.05) is 17.5 Å². The molecule has 4 aromatic rings. The van der Waals surface area contributed by atoms with Crippen LogP contribution in [0, 0.1) is 0 Å². The van der Waals surface area contributed by atoms with Crippen molar-refractivity contribution < 1.29 is 38.4 Å². The number of nitrogens with two attached hydrogens (primary N) is 2. The van der Waals surface area contributed by atoms with Crippen molar-refractivity contribution in [1.82, 2.24) is 44.5 Å². The zero-order valence-electron chi connectivity index (χ0n) is 20.7. The van der Waals surface area contributed by atoms with E-state index < -0.39 is 68.4 Å². The molecule has 22 heteroatoms. The first-order valence-corrected chi connectivity index (χ1v) is 14.7. The van der Waals surface area contributed by atoms with E-state index in [0.29, 0.717) is 11.3 Å². The highest BCUT2D eigenvalue weighted by Gasteiger charge is 2.50. The zero-order valence-corrected chi connectivity index (χ0v) is 22.5. The molecule has 20 nitrogen and oxygen atoms in total. The summed E-state index contributed by atoms with van der Waals surface area (Å²) in [6.45, 7) is -5.34. The number of nitrogen functional groups attached to an aromatic ring is 2. The highest BCUT2D eigenvalue weighted by Crippen LogP contribution is 2.57. The minimum Gasteiger partial charge on any atom is -0.394 e. The van der Waals surface area contributed by atoms with Crippen LogP contribution in [0.2, 0.25) is 0 Å². The number of ether oxygens (including phenoxy) is 2. The number of H-pyrrole nitrogens is 1. The van der Waals surface area contributed by atoms with Gasteiger partial charge in [0.2, 0.25) is 5.95 Å². The summed E-state index contributed by atoms with van der Waals surface area (Å²) in [5.41, 5.74) is 11.3. The highest BCUT2D eigenvalue weighted by atomic mass is 32.7. The number of nitrogens with zero attached hydrogens (tertiary/aromatic N) is 8. The first kappa shape index (κ1) is 27.9. The molecular formula is C19H24N11O9PS. The van der Waals surface area contributed by atoms with Crippen molar-refractivity contribution in [1.29, 1.82) is 0 Å². The van der Waals surface area contributed by atoms with Crippen molar-refractivity contribution in [2.45, 2.75) is 49.3 Å². The molecular weight excluding hydrogens is 589 g/mol. The summed E-state index contributed by atoms with van der Waals surface area (Å²) in [6, 6.07) is 0. The van der Waals surface area contributed by atoms with E-state index in [4.69, 9.17) is 30.0 Å². The number of imidazole rings is 1. The second-order valence-corrected chi connectivity index (χ2v) is 12.1. The summed E-state index contributed by atoms with van der Waals surface area (Å²) in [6.07, 6.45) is -5.29. The Morgan fingerprint density at radius 1 is 1.22 bits per heavy atom. The number of aromatic amines is 1. The van der Waals surface area contributed by atoms with Crippen LogP contribution in [0.15, 0.2) is 17.3 Å². The van der Waals surface area contributed by atoms with Gasteiger partial charge in [-0.05, 0) is 0 Å². The van der Waals surface area contributed by atoms with Crippen LogP contribution in [-0.2, 0) is 23.1 Å². The number of hydrogen-bond donors (Lipinski definition) is 7. The van der Waals surface area contributed by atoms with Crippen LogP contribution in [0.3, 0.4) is 0 Å². The summed E-state index contributed by atoms with van der Waals surface area (Å²) in [7, 11) is 0. The van der Waals surface area contributed by atoms with Gasteiger partial charge < -0.3 is 36.3 Å². The topological polar surface area (TPSA) is 286 Å². The molecule has 2 saturated heterocycles. The molecule has 220 valence electrons. The van der Waals surface area contributed by atoms with Crippen molar-refractivity contribution in [3.8, 4) is 0 Å². The Morgan fingerprint density at radius 3 is 2.80 bits per heavy atom. The summed E-state index contributed by atoms with van der Waals surface area (Å²) < 4.78 is 38.2. The van der Waals surface area contributed by atoms with Gasteiger partial charge >= 0.3 is 6.80 Å². The van der Waals surface area contributed by atoms with Gasteiger partial charge in [0.25, 0.3) is 5.56 Å². The number of aromatic nitrogens is 9. The molecule has 0 radical (unpaired) electrons. The van der Waals surface area contributed by atoms with E-state index in [2.05, 4.69) is 47.6 Å². The maximum atomic E-state index is 13.3. The summed E-state index contributed by atoms with van der Waals surface area (Å²) in [5, 5.41) is 42.7. The third kappa shape index (κ3) is 5.04. The fourth-order valence-corrected chi connectivity index (χ4v) is 6.16. The Balaban J connectivity index is 1.17. The van der Waals surface area contributed by atoms with Crippen LogP contribution in [0.4, 0.5) is 11.8 Å². The lowest BCUT2D eigenvalue weighted by molar-refractivity contribution is -0.0566. The van der Waals surface area contributed by atoms with E-state index >= 15 is 0 Å². The number of rotatable bonds is 8. The van der Waals surface area contributed by atoms with Crippen LogP contribution in [-0.4, -0.2) is 104 Å². The number of aliphatic hydroxyl groups excluding tert-OH is 3. The molecule has 6 heterocycles. The second kappa shape index (κ2) is 10.5. The summed E-state index contributed by atoms with van der Waals surface area (Å²) in [5.74, 6) is -0.0696. The maximum absolute atomic E-state index is 13.3. The standard InChI is InChI=1S/C19H24N11O9PS/c20-14-16-22-2-6(29(16)24-5-23-14)8-1-7(32)10(37-8)4-36-40(35,41)39-13-12(33)9(3-31)38-18(13)30-15-11(27-28-30)17(34)26-19(21)25-15/h2,5,7-10,12-13,18,31-33H,1,3-4H2,(H,35,41)(H2,20,23,24)(H3,21,25,26,34)/t7-,8+,9+,10+,12+,13+,18+,40?/m0/s1. The Kier molecular flexibility index (Phi) is 7.16. The van der Waals surface area contributed by atoms with Gasteiger partial charge in [-0.2, -0.15) is 14.8 Å². The van der Waals surface area contributed by atoms with Crippen molar-refractivity contribution in [2.75, 3.05) is 24.7 Å². The number of thiol groups is 1. The van der Waals surface area contributed by atoms with Gasteiger partial charge in [0.05, 0.1) is 31.2 Å². The van der Waals surface area contributed by atoms with Gasteiger partial charge in [-0.25, -0.2) is 19.0 Å². The van der Waals surface area contributed by atoms with Crippen molar-refractivity contribution in [3.63, 3.8) is 0 Å². The quantitative estimate of drug-likeness (QED) is 0.0812. The van der Waals surface area contributed by atoms with E-state index in [-0.39, 0.29) is 29.4 Å². The Morgan fingerprint density at radius 2 is 2.02 bits per heavy atom. The average Bonchev–Trinajstić information content (AvgIpc) is 3.69. The fourth-order valence-electron chi connectivity index (χ4n) is 4.70. The molecule has 4 aromatic heterocycles. The molecule has 8 atom stereocenters. The molecule has 0 aliphatic carbocycles. The molecule has 0 bridgehead atoms. The first-order chi connectivity index (χ1) is 19.6. The van der Waals surface area contributed by atoms with Crippen molar-refractivity contribution >= 4 is 47.6 Å². The maximum Gasteiger partial charge on any atom is 0.386 e. The molecule has 2 fully saturated rings. The van der Waals surface area contributed by atoms with Gasteiger partial charge in [-0.15, -0.1) is 5.10 Å². The van der Waals surface area contributed by atoms with Gasteiger partial charge in [0.1, 0.15) is 36.8 Å². The molecule has 0 spiro atoms. The van der Waals surface area contributed by atoms with Gasteiger partial charge in [-0.3, -0.25) is 18.8 Å². The molecule has 2 aliphatic rings. The summed E-state index contributed by atoms with van der Waals surface area (Å²) >= 11 is 4.01. The van der Waals surface area contributed by atoms with E-state index in [0.717, 1.165) is 4.68 Å². The molecule has 2 aliphatic heterocycles. The first-order valence-electron chi connectivity index (χ1n) is 12.0. The monoisotopic (exact) mass is 613 g/mol. The average molecular weight is 614 g/mol. The van der Waals surface area contributed by atoms with Crippen LogP contribution in [0.1, 0.15) is 24.4 Å². The fraction of sp³-hybridized carbons (Fsp3) is 0.526. The smallest absolute Gasteiger partial charge is 0.386 e. The van der Waals surface area contributed by atoms with Crippen LogP contribution >= 0.6 is 19.0 Å². The molecule has 8 N–H and O–H groups in total. The molecule has 1 unspecified atom stereocenters. The number of anilines is 2. The summed E-state index contributed by atoms with van der Waals surface area (Å²) in [4.78, 5) is 26.5. The predicted molar refractivity (Wildman–Crippen MR) is 138 cm³/mol. The molecule has 6 rings (SSSR count). The lowest BCUT2D eigenvalue weighted by Crippen LogP contribution is -2.35.